The Morgan fingerprint density at radius 1 is 1.24 bits per heavy atom. The van der Waals surface area contributed by atoms with E-state index in [-0.39, 0.29) is 0 Å². The Bertz CT molecular complexity index is 374. The molecule has 3 rings (SSSR count). The van der Waals surface area contributed by atoms with Gasteiger partial charge in [-0.15, -0.1) is 0 Å². The van der Waals surface area contributed by atoms with E-state index in [0.29, 0.717) is 6.04 Å². The molecule has 2 aliphatic heterocycles. The van der Waals surface area contributed by atoms with Crippen LogP contribution in [0, 0.1) is 0 Å². The third kappa shape index (κ3) is 2.67. The maximum Gasteiger partial charge on any atom is 0.0338 e. The van der Waals surface area contributed by atoms with E-state index in [1.165, 1.54) is 35.5 Å². The van der Waals surface area contributed by atoms with Crippen LogP contribution < -0.4 is 10.6 Å². The van der Waals surface area contributed by atoms with Gasteiger partial charge >= 0.3 is 0 Å². The zero-order chi connectivity index (χ0) is 11.5. The second-order valence-electron chi connectivity index (χ2n) is 4.94. The lowest BCUT2D eigenvalue weighted by Gasteiger charge is -2.23. The lowest BCUT2D eigenvalue weighted by Crippen LogP contribution is -2.33. The Labute approximate surface area is 108 Å². The van der Waals surface area contributed by atoms with Crippen LogP contribution in [0.25, 0.3) is 0 Å². The van der Waals surface area contributed by atoms with Crippen molar-refractivity contribution in [1.29, 1.82) is 0 Å². The molecule has 0 saturated carbocycles. The number of nitrogens with one attached hydrogen (secondary N) is 2. The molecule has 3 heteroatoms. The molecule has 2 aliphatic rings. The number of rotatable bonds is 2. The molecule has 0 spiro atoms. The first-order valence-electron chi connectivity index (χ1n) is 6.56. The Kier molecular flexibility index (Phi) is 3.69. The summed E-state index contributed by atoms with van der Waals surface area (Å²) in [5.74, 6) is 2.61. The summed E-state index contributed by atoms with van der Waals surface area (Å²) >= 11 is 2.08. The van der Waals surface area contributed by atoms with Crippen molar-refractivity contribution in [1.82, 2.24) is 10.6 Å². The molecule has 1 aromatic carbocycles. The highest BCUT2D eigenvalue weighted by Crippen LogP contribution is 2.26. The van der Waals surface area contributed by atoms with Gasteiger partial charge in [-0.2, -0.15) is 11.8 Å². The molecule has 2 atom stereocenters. The van der Waals surface area contributed by atoms with Gasteiger partial charge in [0.2, 0.25) is 0 Å². The summed E-state index contributed by atoms with van der Waals surface area (Å²) in [6, 6.07) is 10.1. The maximum atomic E-state index is 3.85. The molecule has 0 bridgehead atoms. The van der Waals surface area contributed by atoms with Gasteiger partial charge < -0.3 is 10.6 Å². The van der Waals surface area contributed by atoms with Crippen molar-refractivity contribution in [3.05, 3.63) is 35.4 Å². The number of thioether (sulfide) groups is 1. The van der Waals surface area contributed by atoms with E-state index < -0.39 is 0 Å². The van der Waals surface area contributed by atoms with Crippen molar-refractivity contribution in [2.45, 2.75) is 31.5 Å². The van der Waals surface area contributed by atoms with E-state index in [1.807, 2.05) is 0 Å². The smallest absolute Gasteiger partial charge is 0.0338 e. The molecule has 0 amide bonds. The summed E-state index contributed by atoms with van der Waals surface area (Å²) < 4.78 is 0. The fourth-order valence-electron chi connectivity index (χ4n) is 2.78. The van der Waals surface area contributed by atoms with E-state index >= 15 is 0 Å². The molecule has 0 aromatic heterocycles. The number of hydrogen-bond acceptors (Lipinski definition) is 3. The summed E-state index contributed by atoms with van der Waals surface area (Å²) in [7, 11) is 0. The Morgan fingerprint density at radius 3 is 3.06 bits per heavy atom. The average molecular weight is 248 g/mol. The fourth-order valence-corrected chi connectivity index (χ4v) is 3.95. The lowest BCUT2D eigenvalue weighted by molar-refractivity contribution is 0.438. The molecule has 2 N–H and O–H groups in total. The molecule has 2 unspecified atom stereocenters. The first-order valence-corrected chi connectivity index (χ1v) is 7.71. The quantitative estimate of drug-likeness (QED) is 0.840. The molecule has 17 heavy (non-hydrogen) atoms. The van der Waals surface area contributed by atoms with Crippen LogP contribution in [0.4, 0.5) is 0 Å². The Balaban J connectivity index is 1.78. The largest absolute Gasteiger partial charge is 0.313 e. The molecule has 2 nitrogen and oxygen atoms in total. The minimum atomic E-state index is 0.546. The third-order valence-corrected chi connectivity index (χ3v) is 4.88. The average Bonchev–Trinajstić information content (AvgIpc) is 2.78. The summed E-state index contributed by atoms with van der Waals surface area (Å²) in [5.41, 5.74) is 2.97. The van der Waals surface area contributed by atoms with Crippen LogP contribution in [-0.2, 0) is 6.54 Å². The predicted molar refractivity (Wildman–Crippen MR) is 74.4 cm³/mol. The molecule has 2 heterocycles. The van der Waals surface area contributed by atoms with Crippen molar-refractivity contribution >= 4 is 11.8 Å². The first kappa shape index (κ1) is 11.6. The first-order chi connectivity index (χ1) is 8.43. The highest BCUT2D eigenvalue weighted by atomic mass is 32.2. The Morgan fingerprint density at radius 2 is 2.18 bits per heavy atom. The van der Waals surface area contributed by atoms with E-state index in [2.05, 4.69) is 46.7 Å². The topological polar surface area (TPSA) is 24.1 Å². The summed E-state index contributed by atoms with van der Waals surface area (Å²) in [6.07, 6.45) is 2.54. The van der Waals surface area contributed by atoms with Gasteiger partial charge in [-0.25, -0.2) is 0 Å². The second-order valence-corrected chi connectivity index (χ2v) is 6.09. The van der Waals surface area contributed by atoms with E-state index in [4.69, 9.17) is 0 Å². The summed E-state index contributed by atoms with van der Waals surface area (Å²) in [5, 5.41) is 7.37. The Hall–Kier alpha value is -0.510. The minimum Gasteiger partial charge on any atom is -0.313 e. The molecule has 0 aliphatic carbocycles. The van der Waals surface area contributed by atoms with Crippen molar-refractivity contribution in [3.63, 3.8) is 0 Å². The zero-order valence-electron chi connectivity index (χ0n) is 10.1. The van der Waals surface area contributed by atoms with E-state index in [0.717, 1.165) is 19.1 Å². The fraction of sp³-hybridized carbons (Fsp3) is 0.571. The van der Waals surface area contributed by atoms with Crippen LogP contribution in [0.5, 0.6) is 0 Å². The molecular weight excluding hydrogens is 228 g/mol. The number of benzene rings is 1. The van der Waals surface area contributed by atoms with Gasteiger partial charge in [0.1, 0.15) is 0 Å². The summed E-state index contributed by atoms with van der Waals surface area (Å²) in [6.45, 7) is 2.14. The number of hydrogen-bond donors (Lipinski definition) is 2. The lowest BCUT2D eigenvalue weighted by atomic mass is 9.98. The highest BCUT2D eigenvalue weighted by molar-refractivity contribution is 7.99. The molecule has 1 saturated heterocycles. The van der Waals surface area contributed by atoms with Crippen molar-refractivity contribution in [2.24, 2.45) is 0 Å². The SMILES string of the molecule is c1ccc2c(c1)CNCCC2NC1CCSC1. The van der Waals surface area contributed by atoms with Crippen molar-refractivity contribution in [3.8, 4) is 0 Å². The standard InChI is InChI=1S/C14H20N2S/c1-2-4-13-11(3-1)9-15-7-5-14(13)16-12-6-8-17-10-12/h1-4,12,14-16H,5-10H2. The molecular formula is C14H20N2S. The van der Waals surface area contributed by atoms with Crippen LogP contribution in [0.2, 0.25) is 0 Å². The van der Waals surface area contributed by atoms with Crippen molar-refractivity contribution in [2.75, 3.05) is 18.1 Å². The molecule has 92 valence electrons. The zero-order valence-corrected chi connectivity index (χ0v) is 10.9. The molecule has 1 aromatic rings. The van der Waals surface area contributed by atoms with Crippen LogP contribution >= 0.6 is 11.8 Å². The van der Waals surface area contributed by atoms with Crippen LogP contribution in [0.1, 0.15) is 30.0 Å². The highest BCUT2D eigenvalue weighted by Gasteiger charge is 2.23. The van der Waals surface area contributed by atoms with Crippen LogP contribution in [0.15, 0.2) is 24.3 Å². The van der Waals surface area contributed by atoms with E-state index in [9.17, 15) is 0 Å². The third-order valence-electron chi connectivity index (χ3n) is 3.72. The van der Waals surface area contributed by atoms with Gasteiger partial charge in [0.15, 0.2) is 0 Å². The van der Waals surface area contributed by atoms with Crippen LogP contribution in [-0.4, -0.2) is 24.1 Å². The predicted octanol–water partition coefficient (Wildman–Crippen LogP) is 2.32. The monoisotopic (exact) mass is 248 g/mol. The van der Waals surface area contributed by atoms with Gasteiger partial charge in [0.05, 0.1) is 0 Å². The van der Waals surface area contributed by atoms with Crippen LogP contribution in [0.3, 0.4) is 0 Å². The maximum absolute atomic E-state index is 3.85. The van der Waals surface area contributed by atoms with Gasteiger partial charge in [0.25, 0.3) is 0 Å². The van der Waals surface area contributed by atoms with Gasteiger partial charge in [-0.1, -0.05) is 24.3 Å². The van der Waals surface area contributed by atoms with Gasteiger partial charge in [-0.3, -0.25) is 0 Å². The second kappa shape index (κ2) is 5.42. The van der Waals surface area contributed by atoms with Gasteiger partial charge in [0, 0.05) is 24.4 Å². The molecule has 0 radical (unpaired) electrons. The van der Waals surface area contributed by atoms with Crippen molar-refractivity contribution < 1.29 is 0 Å². The molecule has 1 fully saturated rings. The normalized spacial score (nSPS) is 28.7. The number of fused-ring (bicyclic) bond motifs is 1. The van der Waals surface area contributed by atoms with Gasteiger partial charge in [-0.05, 0) is 36.3 Å². The van der Waals surface area contributed by atoms with E-state index in [1.54, 1.807) is 0 Å². The summed E-state index contributed by atoms with van der Waals surface area (Å²) in [4.78, 5) is 0. The minimum absolute atomic E-state index is 0.546.